The molecule has 5 rings (SSSR count). The number of benzene rings is 3. The summed E-state index contributed by atoms with van der Waals surface area (Å²) < 4.78 is 39.4. The molecule has 284 valence electrons. The summed E-state index contributed by atoms with van der Waals surface area (Å²) in [5, 5.41) is 5.63. The van der Waals surface area contributed by atoms with Crippen LogP contribution in [0.3, 0.4) is 0 Å². The van der Waals surface area contributed by atoms with Crippen molar-refractivity contribution in [2.24, 2.45) is 0 Å². The Morgan fingerprint density at radius 3 is 1.38 bits per heavy atom. The summed E-state index contributed by atoms with van der Waals surface area (Å²) in [6, 6.07) is 22.6. The molecule has 0 aromatic heterocycles. The second-order valence-electron chi connectivity index (χ2n) is 15.5. The molecule has 0 bridgehead atoms. The third-order valence-electron chi connectivity index (χ3n) is 8.67. The van der Waals surface area contributed by atoms with Crippen LogP contribution in [0, 0.1) is 0 Å². The average molecular weight is 734 g/mol. The van der Waals surface area contributed by atoms with Crippen LogP contribution in [-0.4, -0.2) is 82.5 Å². The molecule has 2 heterocycles. The van der Waals surface area contributed by atoms with E-state index >= 15 is 0 Å². The van der Waals surface area contributed by atoms with Crippen LogP contribution in [0.25, 0.3) is 0 Å². The number of carbonyl (C=O) groups is 4. The number of para-hydroxylation sites is 1. The van der Waals surface area contributed by atoms with Crippen LogP contribution in [0.2, 0.25) is 0 Å². The Hall–Kier alpha value is -5.20. The zero-order chi connectivity index (χ0) is 38.5. The molecule has 0 saturated carbocycles. The fourth-order valence-corrected chi connectivity index (χ4v) is 6.27. The number of hydrogen-bond acceptors (Lipinski definition) is 7. The first kappa shape index (κ1) is 39.0. The number of nitrogens with zero attached hydrogens (tertiary/aromatic N) is 3. The molecule has 0 radical (unpaired) electrons. The highest BCUT2D eigenvalue weighted by Crippen LogP contribution is 2.27. The van der Waals surface area contributed by atoms with Gasteiger partial charge in [-0.15, -0.1) is 0 Å². The number of amides is 4. The molecule has 4 atom stereocenters. The standard InChI is InChI=1S/C40H49F2N5O6/c1-39(2,3)52-37(50)46-24-28(41)20-33(46)35(48)43-30-16-12-26(13-17-30)22-45(32-10-8-7-9-11-32)23-27-14-18-31(19-15-27)44-36(49)34-21-29(42)25-47(34)38(51)53-40(4,5)6/h7-19,28-29,33-34H,20-25H2,1-6H3,(H,43,48)(H,44,49). The lowest BCUT2D eigenvalue weighted by molar-refractivity contribution is -0.121. The number of likely N-dealkylation sites (tertiary alicyclic amines) is 2. The average Bonchev–Trinajstić information content (AvgIpc) is 3.68. The van der Waals surface area contributed by atoms with E-state index in [2.05, 4.69) is 15.5 Å². The van der Waals surface area contributed by atoms with Crippen molar-refractivity contribution in [2.45, 2.75) is 103 Å². The van der Waals surface area contributed by atoms with Gasteiger partial charge in [-0.05, 0) is 89.1 Å². The van der Waals surface area contributed by atoms with Gasteiger partial charge in [0.1, 0.15) is 35.6 Å². The van der Waals surface area contributed by atoms with E-state index in [0.717, 1.165) is 26.6 Å². The van der Waals surface area contributed by atoms with Gasteiger partial charge in [-0.1, -0.05) is 42.5 Å². The van der Waals surface area contributed by atoms with Crippen LogP contribution >= 0.6 is 0 Å². The summed E-state index contributed by atoms with van der Waals surface area (Å²) in [5.41, 5.74) is 2.40. The lowest BCUT2D eigenvalue weighted by Gasteiger charge is -2.28. The van der Waals surface area contributed by atoms with Gasteiger partial charge in [-0.2, -0.15) is 0 Å². The van der Waals surface area contributed by atoms with E-state index in [1.165, 1.54) is 0 Å². The van der Waals surface area contributed by atoms with Gasteiger partial charge in [0, 0.05) is 43.0 Å². The van der Waals surface area contributed by atoms with Crippen molar-refractivity contribution in [3.8, 4) is 0 Å². The second-order valence-corrected chi connectivity index (χ2v) is 15.5. The molecule has 2 saturated heterocycles. The smallest absolute Gasteiger partial charge is 0.411 e. The first-order valence-electron chi connectivity index (χ1n) is 17.8. The summed E-state index contributed by atoms with van der Waals surface area (Å²) in [6.45, 7) is 11.0. The van der Waals surface area contributed by atoms with Crippen LogP contribution in [0.4, 0.5) is 35.4 Å². The Balaban J connectivity index is 1.21. The summed E-state index contributed by atoms with van der Waals surface area (Å²) >= 11 is 0. The molecule has 4 amide bonds. The molecule has 53 heavy (non-hydrogen) atoms. The summed E-state index contributed by atoms with van der Waals surface area (Å²) in [4.78, 5) is 56.1. The van der Waals surface area contributed by atoms with Gasteiger partial charge in [0.2, 0.25) is 11.8 Å². The Bertz CT molecular complexity index is 1630. The normalized spacial score (nSPS) is 20.2. The Morgan fingerprint density at radius 1 is 0.642 bits per heavy atom. The number of hydrogen-bond donors (Lipinski definition) is 2. The van der Waals surface area contributed by atoms with Crippen LogP contribution in [0.15, 0.2) is 78.9 Å². The summed E-state index contributed by atoms with van der Waals surface area (Å²) in [6.07, 6.45) is -4.29. The Kier molecular flexibility index (Phi) is 11.9. The molecule has 0 aliphatic carbocycles. The quantitative estimate of drug-likeness (QED) is 0.234. The number of anilines is 3. The maximum Gasteiger partial charge on any atom is 0.411 e. The molecule has 0 spiro atoms. The van der Waals surface area contributed by atoms with E-state index in [9.17, 15) is 28.0 Å². The van der Waals surface area contributed by atoms with Crippen molar-refractivity contribution in [3.63, 3.8) is 0 Å². The predicted molar refractivity (Wildman–Crippen MR) is 199 cm³/mol. The number of alkyl halides is 2. The van der Waals surface area contributed by atoms with Crippen molar-refractivity contribution >= 4 is 41.1 Å². The number of nitrogens with one attached hydrogen (secondary N) is 2. The first-order chi connectivity index (χ1) is 24.9. The number of halogens is 2. The Labute approximate surface area is 309 Å². The van der Waals surface area contributed by atoms with Crippen molar-refractivity contribution < 1.29 is 37.4 Å². The highest BCUT2D eigenvalue weighted by molar-refractivity contribution is 5.97. The van der Waals surface area contributed by atoms with Gasteiger partial charge in [0.25, 0.3) is 0 Å². The lowest BCUT2D eigenvalue weighted by atomic mass is 10.1. The molecule has 4 unspecified atom stereocenters. The van der Waals surface area contributed by atoms with Gasteiger partial charge in [-0.25, -0.2) is 18.4 Å². The van der Waals surface area contributed by atoms with Crippen LogP contribution in [-0.2, 0) is 32.2 Å². The molecule has 13 heteroatoms. The minimum Gasteiger partial charge on any atom is -0.444 e. The predicted octanol–water partition coefficient (Wildman–Crippen LogP) is 7.47. The second kappa shape index (κ2) is 16.2. The van der Waals surface area contributed by atoms with E-state index in [1.54, 1.807) is 65.8 Å². The Morgan fingerprint density at radius 2 is 1.02 bits per heavy atom. The SMILES string of the molecule is CC(C)(C)OC(=O)N1CC(F)CC1C(=O)Nc1ccc(CN(Cc2ccc(NC(=O)C3CC(F)CN3C(=O)OC(C)(C)C)cc2)c2ccccc2)cc1. The zero-order valence-electron chi connectivity index (χ0n) is 31.1. The van der Waals surface area contributed by atoms with Crippen LogP contribution < -0.4 is 15.5 Å². The van der Waals surface area contributed by atoms with Gasteiger partial charge < -0.3 is 25.0 Å². The number of rotatable bonds is 9. The van der Waals surface area contributed by atoms with Crippen LogP contribution in [0.1, 0.15) is 65.5 Å². The molecule has 3 aromatic carbocycles. The third-order valence-corrected chi connectivity index (χ3v) is 8.67. The maximum absolute atomic E-state index is 14.3. The lowest BCUT2D eigenvalue weighted by Crippen LogP contribution is -2.45. The molecule has 2 aliphatic heterocycles. The first-order valence-corrected chi connectivity index (χ1v) is 17.8. The molecule has 2 fully saturated rings. The zero-order valence-corrected chi connectivity index (χ0v) is 31.1. The molecule has 2 N–H and O–H groups in total. The minimum absolute atomic E-state index is 0.102. The molecular weight excluding hydrogens is 684 g/mol. The maximum atomic E-state index is 14.3. The molecule has 2 aliphatic rings. The fourth-order valence-electron chi connectivity index (χ4n) is 6.27. The fraction of sp³-hybridized carbons (Fsp3) is 0.450. The third kappa shape index (κ3) is 10.9. The van der Waals surface area contributed by atoms with Crippen molar-refractivity contribution in [3.05, 3.63) is 90.0 Å². The molecule has 3 aromatic rings. The van der Waals surface area contributed by atoms with Crippen molar-refractivity contribution in [1.29, 1.82) is 0 Å². The minimum atomic E-state index is -1.32. The monoisotopic (exact) mass is 733 g/mol. The van der Waals surface area contributed by atoms with E-state index < -0.39 is 59.6 Å². The van der Waals surface area contributed by atoms with Crippen LogP contribution in [0.5, 0.6) is 0 Å². The topological polar surface area (TPSA) is 121 Å². The van der Waals surface area contributed by atoms with Gasteiger partial charge in [-0.3, -0.25) is 19.4 Å². The molecule has 11 nitrogen and oxygen atoms in total. The largest absolute Gasteiger partial charge is 0.444 e. The summed E-state index contributed by atoms with van der Waals surface area (Å²) in [5.74, 6) is -0.964. The van der Waals surface area contributed by atoms with Crippen molar-refractivity contribution in [1.82, 2.24) is 9.80 Å². The highest BCUT2D eigenvalue weighted by atomic mass is 19.1. The number of carbonyl (C=O) groups excluding carboxylic acids is 4. The number of ether oxygens (including phenoxy) is 2. The van der Waals surface area contributed by atoms with Gasteiger partial charge >= 0.3 is 12.2 Å². The van der Waals surface area contributed by atoms with E-state index in [0.29, 0.717) is 24.5 Å². The summed E-state index contributed by atoms with van der Waals surface area (Å²) in [7, 11) is 0. The van der Waals surface area contributed by atoms with Gasteiger partial charge in [0.05, 0.1) is 13.1 Å². The van der Waals surface area contributed by atoms with E-state index in [1.807, 2.05) is 54.6 Å². The highest BCUT2D eigenvalue weighted by Gasteiger charge is 2.43. The van der Waals surface area contributed by atoms with Gasteiger partial charge in [0.15, 0.2) is 0 Å². The molecular formula is C40H49F2N5O6. The van der Waals surface area contributed by atoms with E-state index in [4.69, 9.17) is 9.47 Å². The van der Waals surface area contributed by atoms with E-state index in [-0.39, 0.29) is 25.9 Å². The van der Waals surface area contributed by atoms with Crippen molar-refractivity contribution in [2.75, 3.05) is 28.6 Å².